The lowest BCUT2D eigenvalue weighted by atomic mass is 10.3. The van der Waals surface area contributed by atoms with Gasteiger partial charge in [0.2, 0.25) is 0 Å². The van der Waals surface area contributed by atoms with E-state index < -0.39 is 5.91 Å². The zero-order chi connectivity index (χ0) is 15.7. The van der Waals surface area contributed by atoms with Crippen molar-refractivity contribution in [1.82, 2.24) is 24.3 Å². The van der Waals surface area contributed by atoms with Crippen molar-refractivity contribution in [2.24, 2.45) is 14.1 Å². The van der Waals surface area contributed by atoms with Crippen LogP contribution < -0.4 is 5.32 Å². The maximum atomic E-state index is 12.2. The van der Waals surface area contributed by atoms with E-state index in [1.807, 2.05) is 17.8 Å². The van der Waals surface area contributed by atoms with Crippen molar-refractivity contribution < 1.29 is 9.90 Å². The lowest BCUT2D eigenvalue weighted by molar-refractivity contribution is 0.101. The molecule has 0 aliphatic rings. The highest BCUT2D eigenvalue weighted by Gasteiger charge is 2.16. The molecule has 0 fully saturated rings. The van der Waals surface area contributed by atoms with Crippen LogP contribution in [0.4, 0.5) is 5.82 Å². The number of imidazole rings is 1. The van der Waals surface area contributed by atoms with Crippen LogP contribution in [0.15, 0.2) is 36.8 Å². The van der Waals surface area contributed by atoms with Gasteiger partial charge in [-0.2, -0.15) is 5.10 Å². The number of carbonyl (C=O) groups is 1. The third-order valence-electron chi connectivity index (χ3n) is 3.17. The highest BCUT2D eigenvalue weighted by atomic mass is 16.3. The van der Waals surface area contributed by atoms with Gasteiger partial charge in [0.05, 0.1) is 0 Å². The molecule has 0 unspecified atom stereocenters. The average Bonchev–Trinajstić information content (AvgIpc) is 3.06. The van der Waals surface area contributed by atoms with Crippen LogP contribution in [-0.4, -0.2) is 35.3 Å². The Morgan fingerprint density at radius 3 is 2.77 bits per heavy atom. The number of anilines is 1. The summed E-state index contributed by atoms with van der Waals surface area (Å²) in [4.78, 5) is 20.2. The van der Waals surface area contributed by atoms with Crippen molar-refractivity contribution in [3.63, 3.8) is 0 Å². The summed E-state index contributed by atoms with van der Waals surface area (Å²) in [5, 5.41) is 16.7. The molecule has 0 aliphatic heterocycles. The molecule has 3 aromatic rings. The van der Waals surface area contributed by atoms with E-state index in [2.05, 4.69) is 20.4 Å². The average molecular weight is 298 g/mol. The van der Waals surface area contributed by atoms with E-state index in [-0.39, 0.29) is 11.4 Å². The Kier molecular flexibility index (Phi) is 3.34. The number of aromatic hydroxyl groups is 1. The second-order valence-corrected chi connectivity index (χ2v) is 4.73. The Labute approximate surface area is 126 Å². The van der Waals surface area contributed by atoms with Gasteiger partial charge in [-0.05, 0) is 12.1 Å². The second-order valence-electron chi connectivity index (χ2n) is 4.73. The SMILES string of the molecule is Cn1ccnc1-c1cc(NC(=O)c2ncccc2O)n(C)n1. The molecule has 0 spiro atoms. The zero-order valence-electron chi connectivity index (χ0n) is 12.1. The van der Waals surface area contributed by atoms with E-state index in [1.165, 1.54) is 16.9 Å². The first-order chi connectivity index (χ1) is 10.6. The molecule has 0 saturated carbocycles. The largest absolute Gasteiger partial charge is 0.505 e. The standard InChI is InChI=1S/C14H14N6O2/c1-19-7-6-16-13(19)9-8-11(20(2)18-9)17-14(22)12-10(21)4-3-5-15-12/h3-8,21H,1-2H3,(H,17,22). The van der Waals surface area contributed by atoms with E-state index in [1.54, 1.807) is 25.4 Å². The molecule has 0 bridgehead atoms. The minimum absolute atomic E-state index is 0.0396. The molecule has 8 nitrogen and oxygen atoms in total. The molecule has 0 atom stereocenters. The molecule has 2 N–H and O–H groups in total. The molecular formula is C14H14N6O2. The van der Waals surface area contributed by atoms with Crippen LogP contribution in [0.25, 0.3) is 11.5 Å². The molecule has 3 heterocycles. The van der Waals surface area contributed by atoms with Crippen LogP contribution in [0.1, 0.15) is 10.5 Å². The van der Waals surface area contributed by atoms with Gasteiger partial charge < -0.3 is 15.0 Å². The molecule has 0 aliphatic carbocycles. The summed E-state index contributed by atoms with van der Waals surface area (Å²) >= 11 is 0. The van der Waals surface area contributed by atoms with Gasteiger partial charge in [0.1, 0.15) is 17.3 Å². The fraction of sp³-hybridized carbons (Fsp3) is 0.143. The van der Waals surface area contributed by atoms with Crippen LogP contribution >= 0.6 is 0 Å². The molecule has 0 saturated heterocycles. The predicted molar refractivity (Wildman–Crippen MR) is 79.3 cm³/mol. The lowest BCUT2D eigenvalue weighted by Crippen LogP contribution is -2.16. The number of hydrogen-bond donors (Lipinski definition) is 2. The summed E-state index contributed by atoms with van der Waals surface area (Å²) in [6.07, 6.45) is 4.93. The number of rotatable bonds is 3. The Morgan fingerprint density at radius 1 is 1.27 bits per heavy atom. The molecule has 0 radical (unpaired) electrons. The van der Waals surface area contributed by atoms with Crippen molar-refractivity contribution >= 4 is 11.7 Å². The maximum absolute atomic E-state index is 12.2. The Morgan fingerprint density at radius 2 is 2.09 bits per heavy atom. The van der Waals surface area contributed by atoms with Gasteiger partial charge >= 0.3 is 0 Å². The quantitative estimate of drug-likeness (QED) is 0.756. The molecule has 22 heavy (non-hydrogen) atoms. The van der Waals surface area contributed by atoms with Gasteiger partial charge in [0.25, 0.3) is 5.91 Å². The van der Waals surface area contributed by atoms with E-state index >= 15 is 0 Å². The fourth-order valence-corrected chi connectivity index (χ4v) is 2.05. The molecule has 8 heteroatoms. The first-order valence-electron chi connectivity index (χ1n) is 6.53. The van der Waals surface area contributed by atoms with Gasteiger partial charge in [0.15, 0.2) is 11.5 Å². The number of nitrogens with zero attached hydrogens (tertiary/aromatic N) is 5. The van der Waals surface area contributed by atoms with Gasteiger partial charge in [-0.25, -0.2) is 9.97 Å². The smallest absolute Gasteiger partial charge is 0.279 e. The van der Waals surface area contributed by atoms with Crippen molar-refractivity contribution in [3.8, 4) is 17.3 Å². The number of hydrogen-bond acceptors (Lipinski definition) is 5. The summed E-state index contributed by atoms with van der Waals surface area (Å²) in [5.74, 6) is 0.490. The highest BCUT2D eigenvalue weighted by Crippen LogP contribution is 2.20. The second kappa shape index (κ2) is 5.32. The number of amides is 1. The minimum Gasteiger partial charge on any atom is -0.505 e. The van der Waals surface area contributed by atoms with Crippen molar-refractivity contribution in [1.29, 1.82) is 0 Å². The van der Waals surface area contributed by atoms with Crippen molar-refractivity contribution in [2.45, 2.75) is 0 Å². The highest BCUT2D eigenvalue weighted by molar-refractivity contribution is 6.04. The molecule has 112 valence electrons. The third kappa shape index (κ3) is 2.41. The summed E-state index contributed by atoms with van der Waals surface area (Å²) in [6, 6.07) is 4.67. The zero-order valence-corrected chi connectivity index (χ0v) is 12.1. The number of aryl methyl sites for hydroxylation is 2. The number of pyridine rings is 1. The van der Waals surface area contributed by atoms with Gasteiger partial charge in [-0.1, -0.05) is 0 Å². The minimum atomic E-state index is -0.507. The van der Waals surface area contributed by atoms with Crippen LogP contribution in [0.5, 0.6) is 5.75 Å². The van der Waals surface area contributed by atoms with Crippen LogP contribution in [0.2, 0.25) is 0 Å². The Hall–Kier alpha value is -3.16. The van der Waals surface area contributed by atoms with E-state index in [9.17, 15) is 9.90 Å². The van der Waals surface area contributed by atoms with Crippen molar-refractivity contribution in [3.05, 3.63) is 42.5 Å². The summed E-state index contributed by atoms with van der Waals surface area (Å²) in [5.41, 5.74) is 0.595. The Bertz CT molecular complexity index is 835. The van der Waals surface area contributed by atoms with Crippen molar-refractivity contribution in [2.75, 3.05) is 5.32 Å². The Balaban J connectivity index is 1.88. The molecule has 3 aromatic heterocycles. The summed E-state index contributed by atoms with van der Waals surface area (Å²) < 4.78 is 3.36. The van der Waals surface area contributed by atoms with E-state index in [0.29, 0.717) is 17.3 Å². The van der Waals surface area contributed by atoms with Crippen LogP contribution in [-0.2, 0) is 14.1 Å². The monoisotopic (exact) mass is 298 g/mol. The van der Waals surface area contributed by atoms with Crippen LogP contribution in [0.3, 0.4) is 0 Å². The first kappa shape index (κ1) is 13.8. The number of nitrogens with one attached hydrogen (secondary N) is 1. The maximum Gasteiger partial charge on any atom is 0.279 e. The first-order valence-corrected chi connectivity index (χ1v) is 6.53. The molecular weight excluding hydrogens is 284 g/mol. The lowest BCUT2D eigenvalue weighted by Gasteiger charge is -2.05. The summed E-state index contributed by atoms with van der Waals surface area (Å²) in [7, 11) is 3.57. The fourth-order valence-electron chi connectivity index (χ4n) is 2.05. The van der Waals surface area contributed by atoms with Crippen LogP contribution in [0, 0.1) is 0 Å². The third-order valence-corrected chi connectivity index (χ3v) is 3.17. The molecule has 0 aromatic carbocycles. The normalized spacial score (nSPS) is 10.6. The summed E-state index contributed by atoms with van der Waals surface area (Å²) in [6.45, 7) is 0. The van der Waals surface area contributed by atoms with E-state index in [4.69, 9.17) is 0 Å². The van der Waals surface area contributed by atoms with Gasteiger partial charge in [-0.15, -0.1) is 0 Å². The van der Waals surface area contributed by atoms with E-state index in [0.717, 1.165) is 0 Å². The molecule has 3 rings (SSSR count). The number of aromatic nitrogens is 5. The number of carbonyl (C=O) groups excluding carboxylic acids is 1. The predicted octanol–water partition coefficient (Wildman–Crippen LogP) is 1.17. The topological polar surface area (TPSA) is 97.9 Å². The molecule has 1 amide bonds. The van der Waals surface area contributed by atoms with Gasteiger partial charge in [-0.3, -0.25) is 9.48 Å². The van der Waals surface area contributed by atoms with Gasteiger partial charge in [0, 0.05) is 38.8 Å².